The van der Waals surface area contributed by atoms with E-state index in [-0.39, 0.29) is 5.91 Å². The third-order valence-corrected chi connectivity index (χ3v) is 6.00. The minimum absolute atomic E-state index is 0.0149. The van der Waals surface area contributed by atoms with Crippen molar-refractivity contribution in [2.24, 2.45) is 5.92 Å². The van der Waals surface area contributed by atoms with E-state index in [0.717, 1.165) is 42.9 Å². The number of piperidine rings is 1. The Balaban J connectivity index is 1.79. The minimum atomic E-state index is -0.0149. The fourth-order valence-electron chi connectivity index (χ4n) is 3.97. The second-order valence-electron chi connectivity index (χ2n) is 8.07. The lowest BCUT2D eigenvalue weighted by Gasteiger charge is -2.30. The van der Waals surface area contributed by atoms with Gasteiger partial charge in [-0.05, 0) is 61.2 Å². The van der Waals surface area contributed by atoms with E-state index in [1.165, 1.54) is 0 Å². The summed E-state index contributed by atoms with van der Waals surface area (Å²) < 4.78 is 17.9. The number of aromatic nitrogens is 2. The summed E-state index contributed by atoms with van der Waals surface area (Å²) >= 11 is 0. The van der Waals surface area contributed by atoms with Gasteiger partial charge < -0.3 is 19.1 Å². The van der Waals surface area contributed by atoms with Crippen LogP contribution in [-0.4, -0.2) is 55.0 Å². The molecule has 7 nitrogen and oxygen atoms in total. The van der Waals surface area contributed by atoms with E-state index in [1.807, 2.05) is 53.4 Å². The largest absolute Gasteiger partial charge is 0.497 e. The number of carbonyl (C=O) groups excluding carboxylic acids is 1. The van der Waals surface area contributed by atoms with Crippen LogP contribution in [0.25, 0.3) is 16.9 Å². The molecule has 1 saturated heterocycles. The van der Waals surface area contributed by atoms with E-state index in [1.54, 1.807) is 26.0 Å². The molecule has 1 aromatic heterocycles. The first-order chi connectivity index (χ1) is 15.5. The molecule has 1 aliphatic heterocycles. The molecule has 3 aromatic rings. The molecular weight excluding hydrogens is 406 g/mol. The highest BCUT2D eigenvalue weighted by Gasteiger charge is 2.26. The van der Waals surface area contributed by atoms with E-state index in [2.05, 4.69) is 6.92 Å². The highest BCUT2D eigenvalue weighted by Crippen LogP contribution is 2.34. The zero-order valence-corrected chi connectivity index (χ0v) is 19.0. The van der Waals surface area contributed by atoms with Gasteiger partial charge in [0.15, 0.2) is 0 Å². The summed E-state index contributed by atoms with van der Waals surface area (Å²) in [6.45, 7) is 3.75. The average Bonchev–Trinajstić information content (AvgIpc) is 3.29. The number of hydrogen-bond acceptors (Lipinski definition) is 5. The highest BCUT2D eigenvalue weighted by molar-refractivity contribution is 5.94. The molecule has 0 bridgehead atoms. The lowest BCUT2D eigenvalue weighted by molar-refractivity contribution is 0.0688. The lowest BCUT2D eigenvalue weighted by atomic mass is 9.99. The molecular formula is C25H29N3O4. The van der Waals surface area contributed by atoms with Crippen LogP contribution in [0.4, 0.5) is 0 Å². The summed E-state index contributed by atoms with van der Waals surface area (Å²) in [5.74, 6) is 2.70. The van der Waals surface area contributed by atoms with Gasteiger partial charge in [0.05, 0.1) is 32.7 Å². The Bertz CT molecular complexity index is 1080. The number of amides is 1. The van der Waals surface area contributed by atoms with E-state index in [4.69, 9.17) is 19.3 Å². The summed E-state index contributed by atoms with van der Waals surface area (Å²) in [7, 11) is 4.85. The third kappa shape index (κ3) is 4.28. The Morgan fingerprint density at radius 3 is 2.19 bits per heavy atom. The number of rotatable bonds is 6. The predicted octanol–water partition coefficient (Wildman–Crippen LogP) is 4.44. The number of carbonyl (C=O) groups is 1. The van der Waals surface area contributed by atoms with E-state index in [0.29, 0.717) is 28.8 Å². The summed E-state index contributed by atoms with van der Waals surface area (Å²) in [4.78, 5) is 15.4. The first-order valence-corrected chi connectivity index (χ1v) is 10.8. The van der Waals surface area contributed by atoms with Gasteiger partial charge in [-0.3, -0.25) is 4.79 Å². The maximum absolute atomic E-state index is 13.5. The highest BCUT2D eigenvalue weighted by atomic mass is 16.5. The van der Waals surface area contributed by atoms with Crippen LogP contribution < -0.4 is 14.2 Å². The number of likely N-dealkylation sites (tertiary alicyclic amines) is 1. The van der Waals surface area contributed by atoms with Gasteiger partial charge in [0.2, 0.25) is 0 Å². The van der Waals surface area contributed by atoms with Gasteiger partial charge >= 0.3 is 0 Å². The van der Waals surface area contributed by atoms with Crippen molar-refractivity contribution < 1.29 is 19.0 Å². The molecule has 1 amide bonds. The molecule has 1 fully saturated rings. The van der Waals surface area contributed by atoms with Crippen LogP contribution in [0.2, 0.25) is 0 Å². The van der Waals surface area contributed by atoms with Crippen molar-refractivity contribution in [1.29, 1.82) is 0 Å². The number of ether oxygens (including phenoxy) is 3. The van der Waals surface area contributed by atoms with Crippen molar-refractivity contribution in [3.8, 4) is 34.2 Å². The topological polar surface area (TPSA) is 65.8 Å². The quantitative estimate of drug-likeness (QED) is 0.573. The molecule has 0 atom stereocenters. The van der Waals surface area contributed by atoms with Crippen LogP contribution in [0.1, 0.15) is 30.3 Å². The third-order valence-electron chi connectivity index (χ3n) is 6.00. The fourth-order valence-corrected chi connectivity index (χ4v) is 3.97. The van der Waals surface area contributed by atoms with Gasteiger partial charge in [-0.1, -0.05) is 6.92 Å². The monoisotopic (exact) mass is 435 g/mol. The molecule has 0 aliphatic carbocycles. The molecule has 0 radical (unpaired) electrons. The van der Waals surface area contributed by atoms with Crippen molar-refractivity contribution in [3.63, 3.8) is 0 Å². The van der Waals surface area contributed by atoms with E-state index in [9.17, 15) is 4.79 Å². The van der Waals surface area contributed by atoms with Crippen LogP contribution in [0.3, 0.4) is 0 Å². The van der Waals surface area contributed by atoms with Crippen molar-refractivity contribution in [3.05, 3.63) is 54.2 Å². The van der Waals surface area contributed by atoms with Crippen LogP contribution in [0.5, 0.6) is 17.2 Å². The van der Waals surface area contributed by atoms with E-state index >= 15 is 0 Å². The van der Waals surface area contributed by atoms with Crippen LogP contribution in [-0.2, 0) is 0 Å². The number of hydrogen-bond donors (Lipinski definition) is 0. The van der Waals surface area contributed by atoms with Crippen molar-refractivity contribution in [1.82, 2.24) is 14.7 Å². The molecule has 2 heterocycles. The van der Waals surface area contributed by atoms with Crippen LogP contribution in [0, 0.1) is 5.92 Å². The van der Waals surface area contributed by atoms with Gasteiger partial charge in [-0.25, -0.2) is 4.68 Å². The Kier molecular flexibility index (Phi) is 6.35. The molecule has 2 aromatic carbocycles. The molecule has 32 heavy (non-hydrogen) atoms. The smallest absolute Gasteiger partial charge is 0.272 e. The molecule has 0 unspecified atom stereocenters. The zero-order valence-electron chi connectivity index (χ0n) is 19.0. The van der Waals surface area contributed by atoms with Gasteiger partial charge in [0, 0.05) is 24.7 Å². The second kappa shape index (κ2) is 9.34. The Labute approximate surface area is 188 Å². The fraction of sp³-hybridized carbons (Fsp3) is 0.360. The molecule has 0 N–H and O–H groups in total. The molecule has 0 saturated carbocycles. The van der Waals surface area contributed by atoms with Gasteiger partial charge in [0.1, 0.15) is 22.9 Å². The Morgan fingerprint density at radius 1 is 0.906 bits per heavy atom. The number of methoxy groups -OCH3 is 3. The van der Waals surface area contributed by atoms with Crippen LogP contribution in [0.15, 0.2) is 48.5 Å². The van der Waals surface area contributed by atoms with Crippen LogP contribution >= 0.6 is 0 Å². The zero-order chi connectivity index (χ0) is 22.7. The van der Waals surface area contributed by atoms with Crippen molar-refractivity contribution in [2.45, 2.75) is 19.8 Å². The maximum Gasteiger partial charge on any atom is 0.272 e. The number of benzene rings is 2. The van der Waals surface area contributed by atoms with Crippen molar-refractivity contribution >= 4 is 5.91 Å². The van der Waals surface area contributed by atoms with E-state index < -0.39 is 0 Å². The Hall–Kier alpha value is -3.48. The van der Waals surface area contributed by atoms with Gasteiger partial charge in [-0.2, -0.15) is 5.10 Å². The maximum atomic E-state index is 13.5. The van der Waals surface area contributed by atoms with Crippen molar-refractivity contribution in [2.75, 3.05) is 34.4 Å². The first-order valence-electron chi connectivity index (χ1n) is 10.8. The standard InChI is InChI=1S/C25H29N3O4/c1-17-11-13-27(14-12-17)25(29)23-16-22(21-10-9-20(31-3)15-24(21)32-4)26-28(23)18-5-7-19(30-2)8-6-18/h5-10,15-17H,11-14H2,1-4H3. The summed E-state index contributed by atoms with van der Waals surface area (Å²) in [5.41, 5.74) is 2.77. The SMILES string of the molecule is COc1ccc(-n2nc(-c3ccc(OC)cc3OC)cc2C(=O)N2CCC(C)CC2)cc1. The molecule has 168 valence electrons. The minimum Gasteiger partial charge on any atom is -0.497 e. The Morgan fingerprint density at radius 2 is 1.56 bits per heavy atom. The average molecular weight is 436 g/mol. The molecule has 4 rings (SSSR count). The summed E-state index contributed by atoms with van der Waals surface area (Å²) in [6.07, 6.45) is 2.03. The lowest BCUT2D eigenvalue weighted by Crippen LogP contribution is -2.38. The second-order valence-corrected chi connectivity index (χ2v) is 8.07. The normalized spacial score (nSPS) is 14.3. The number of nitrogens with zero attached hydrogens (tertiary/aromatic N) is 3. The van der Waals surface area contributed by atoms with Gasteiger partial charge in [-0.15, -0.1) is 0 Å². The summed E-state index contributed by atoms with van der Waals surface area (Å²) in [6, 6.07) is 14.9. The predicted molar refractivity (Wildman–Crippen MR) is 123 cm³/mol. The molecule has 0 spiro atoms. The first kappa shape index (κ1) is 21.7. The molecule has 1 aliphatic rings. The van der Waals surface area contributed by atoms with Gasteiger partial charge in [0.25, 0.3) is 5.91 Å². The molecule has 7 heteroatoms. The summed E-state index contributed by atoms with van der Waals surface area (Å²) in [5, 5.41) is 4.81.